The fourth-order valence-electron chi connectivity index (χ4n) is 1.27. The molecule has 0 aliphatic carbocycles. The number of carbonyl (C=O) groups excluding carboxylic acids is 1. The first kappa shape index (κ1) is 19.9. The van der Waals surface area contributed by atoms with Gasteiger partial charge in [-0.1, -0.05) is 0 Å². The quantitative estimate of drug-likeness (QED) is 0.129. The van der Waals surface area contributed by atoms with Gasteiger partial charge in [0.15, 0.2) is 6.10 Å². The van der Waals surface area contributed by atoms with Crippen LogP contribution in [0.2, 0.25) is 0 Å². The lowest BCUT2D eigenvalue weighted by atomic mass is 10.0. The molecule has 12 heteroatoms. The molecule has 1 heterocycles. The number of ether oxygens (including phenoxy) is 1. The van der Waals surface area contributed by atoms with E-state index in [4.69, 9.17) is 13.1 Å². The highest BCUT2D eigenvalue weighted by Crippen LogP contribution is 2.66. The summed E-state index contributed by atoms with van der Waals surface area (Å²) in [6.07, 6.45) is -0.509. The normalized spacial score (nSPS) is 28.2. The zero-order chi connectivity index (χ0) is 13.7. The van der Waals surface area contributed by atoms with E-state index in [0.717, 1.165) is 0 Å². The van der Waals surface area contributed by atoms with Crippen LogP contribution in [0.15, 0.2) is 0 Å². The highest BCUT2D eigenvalue weighted by molar-refractivity contribution is 14.3. The minimum atomic E-state index is -0.294. The Balaban J connectivity index is 2.44. The largest absolute Gasteiger partial charge is 0.457 e. The maximum atomic E-state index is 11.6. The molecule has 1 fully saturated rings. The molecule has 1 aliphatic heterocycles. The van der Waals surface area contributed by atoms with Gasteiger partial charge in [-0.3, -0.25) is 4.79 Å². The van der Waals surface area contributed by atoms with Gasteiger partial charge < -0.3 is 13.1 Å². The predicted molar refractivity (Wildman–Crippen MR) is 115 cm³/mol. The third-order valence-electron chi connectivity index (χ3n) is 2.05. The zero-order valence-corrected chi connectivity index (χ0v) is 20.8. The SMILES string of the molecule is CC1C(=O)O[C@H](COSP(I)I)[C@H]1OSP(I)I. The number of hydrogen-bond acceptors (Lipinski definition) is 6. The van der Waals surface area contributed by atoms with Crippen LogP contribution in [0.4, 0.5) is 0 Å². The van der Waals surface area contributed by atoms with E-state index >= 15 is 0 Å². The first-order valence-electron chi connectivity index (χ1n) is 4.48. The first-order chi connectivity index (χ1) is 8.41. The van der Waals surface area contributed by atoms with Crippen molar-refractivity contribution in [1.29, 1.82) is 0 Å². The lowest BCUT2D eigenvalue weighted by Crippen LogP contribution is -2.29. The van der Waals surface area contributed by atoms with Crippen LogP contribution in [0.3, 0.4) is 0 Å². The van der Waals surface area contributed by atoms with Crippen molar-refractivity contribution in [1.82, 2.24) is 0 Å². The van der Waals surface area contributed by atoms with E-state index in [1.54, 1.807) is 0 Å². The summed E-state index contributed by atoms with van der Waals surface area (Å²) < 4.78 is 16.0. The van der Waals surface area contributed by atoms with Crippen molar-refractivity contribution < 1.29 is 17.9 Å². The van der Waals surface area contributed by atoms with E-state index in [2.05, 4.69) is 88.2 Å². The molecular formula is C6H8I4O4P2S2. The Kier molecular flexibility index (Phi) is 11.7. The Hall–Kier alpha value is 3.87. The van der Waals surface area contributed by atoms with Crippen molar-refractivity contribution in [2.45, 2.75) is 19.1 Å². The van der Waals surface area contributed by atoms with Crippen molar-refractivity contribution in [2.75, 3.05) is 6.61 Å². The van der Waals surface area contributed by atoms with Crippen LogP contribution < -0.4 is 0 Å². The fourth-order valence-corrected chi connectivity index (χ4v) is 6.64. The maximum Gasteiger partial charge on any atom is 0.311 e. The molecule has 0 aromatic heterocycles. The van der Waals surface area contributed by atoms with Crippen LogP contribution in [-0.2, 0) is 17.9 Å². The van der Waals surface area contributed by atoms with Crippen molar-refractivity contribution in [3.63, 3.8) is 0 Å². The summed E-state index contributed by atoms with van der Waals surface area (Å²) in [7, 11) is 0. The number of halogens is 4. The number of hydrogen-bond donors (Lipinski definition) is 0. The van der Waals surface area contributed by atoms with Crippen LogP contribution in [0.25, 0.3) is 0 Å². The zero-order valence-electron chi connectivity index (χ0n) is 8.79. The van der Waals surface area contributed by atoms with Gasteiger partial charge in [0.05, 0.1) is 5.92 Å². The van der Waals surface area contributed by atoms with Crippen molar-refractivity contribution in [2.24, 2.45) is 5.92 Å². The molecule has 3 atom stereocenters. The lowest BCUT2D eigenvalue weighted by molar-refractivity contribution is -0.144. The standard InChI is InChI=1S/C6H8I4O4P2S2/c1-3-5(14-18-16(9)10)4(13-6(3)11)2-12-17-15(7)8/h3-5H,2H2,1H3/t3?,4-,5+/m1/s1. The molecule has 0 bridgehead atoms. The van der Waals surface area contributed by atoms with E-state index in [9.17, 15) is 4.79 Å². The highest BCUT2D eigenvalue weighted by Gasteiger charge is 2.43. The summed E-state index contributed by atoms with van der Waals surface area (Å²) in [4.78, 5) is 11.6. The second kappa shape index (κ2) is 10.6. The highest BCUT2D eigenvalue weighted by atomic mass is 127. The molecule has 1 aliphatic rings. The molecule has 0 N–H and O–H groups in total. The van der Waals surface area contributed by atoms with Gasteiger partial charge in [-0.25, -0.2) is 0 Å². The lowest BCUT2D eigenvalue weighted by Gasteiger charge is -2.18. The molecule has 0 aromatic rings. The van der Waals surface area contributed by atoms with Gasteiger partial charge in [0.25, 0.3) is 0 Å². The van der Waals surface area contributed by atoms with E-state index in [-0.39, 0.29) is 28.9 Å². The van der Waals surface area contributed by atoms with Gasteiger partial charge >= 0.3 is 5.97 Å². The topological polar surface area (TPSA) is 44.8 Å². The Morgan fingerprint density at radius 1 is 1.28 bits per heavy atom. The molecular weight excluding hydrogens is 770 g/mol. The van der Waals surface area contributed by atoms with Gasteiger partial charge in [-0.2, -0.15) is 0 Å². The summed E-state index contributed by atoms with van der Waals surface area (Å²) in [6.45, 7) is 2.23. The molecule has 0 amide bonds. The van der Waals surface area contributed by atoms with Crippen LogP contribution in [0.1, 0.15) is 6.92 Å². The van der Waals surface area contributed by atoms with Crippen LogP contribution in [-0.4, -0.2) is 24.8 Å². The van der Waals surface area contributed by atoms with Crippen molar-refractivity contribution >= 4 is 122 Å². The molecule has 1 rings (SSSR count). The van der Waals surface area contributed by atoms with Gasteiger partial charge in [-0.05, 0) is 95.1 Å². The van der Waals surface area contributed by atoms with Crippen molar-refractivity contribution in [3.05, 3.63) is 0 Å². The molecule has 4 nitrogen and oxygen atoms in total. The monoisotopic (exact) mass is 778 g/mol. The van der Waals surface area contributed by atoms with E-state index in [1.807, 2.05) is 6.92 Å². The summed E-state index contributed by atoms with van der Waals surface area (Å²) >= 11 is 12.1. The third kappa shape index (κ3) is 7.42. The molecule has 0 spiro atoms. The minimum absolute atomic E-state index is 0.198. The van der Waals surface area contributed by atoms with Gasteiger partial charge in [-0.15, -0.1) is 0 Å². The summed E-state index contributed by atoms with van der Waals surface area (Å²) in [5, 5.41) is 0. The molecule has 1 unspecified atom stereocenters. The van der Waals surface area contributed by atoms with Crippen LogP contribution in [0.5, 0.6) is 0 Å². The molecule has 0 saturated carbocycles. The summed E-state index contributed by atoms with van der Waals surface area (Å²) in [6, 6.07) is 0. The van der Waals surface area contributed by atoms with Crippen LogP contribution >= 0.6 is 116 Å². The number of esters is 1. The Morgan fingerprint density at radius 3 is 2.44 bits per heavy atom. The average Bonchev–Trinajstić information content (AvgIpc) is 2.52. The smallest absolute Gasteiger partial charge is 0.311 e. The summed E-state index contributed by atoms with van der Waals surface area (Å²) in [5.74, 6) is -0.420. The Labute approximate surface area is 169 Å². The molecule has 0 radical (unpaired) electrons. The van der Waals surface area contributed by atoms with Crippen molar-refractivity contribution in [3.8, 4) is 0 Å². The Morgan fingerprint density at radius 2 is 1.89 bits per heavy atom. The Bertz CT molecular complexity index is 288. The van der Waals surface area contributed by atoms with Gasteiger partial charge in [0, 0.05) is 23.3 Å². The summed E-state index contributed by atoms with van der Waals surface area (Å²) in [5.41, 5.74) is 0. The average molecular weight is 778 g/mol. The van der Waals surface area contributed by atoms with Gasteiger partial charge in [0.1, 0.15) is 17.5 Å². The number of carbonyl (C=O) groups is 1. The predicted octanol–water partition coefficient (Wildman–Crippen LogP) is 6.44. The molecule has 1 saturated heterocycles. The van der Waals surface area contributed by atoms with E-state index < -0.39 is 0 Å². The second-order valence-electron chi connectivity index (χ2n) is 3.16. The number of cyclic esters (lactones) is 1. The van der Waals surface area contributed by atoms with E-state index in [1.165, 1.54) is 23.3 Å². The molecule has 0 aromatic carbocycles. The molecule has 106 valence electrons. The fraction of sp³-hybridized carbons (Fsp3) is 0.833. The minimum Gasteiger partial charge on any atom is -0.457 e. The maximum absolute atomic E-state index is 11.6. The molecule has 18 heavy (non-hydrogen) atoms. The van der Waals surface area contributed by atoms with E-state index in [0.29, 0.717) is 6.61 Å². The second-order valence-corrected chi connectivity index (χ2v) is 38.3. The first-order valence-corrected chi connectivity index (χ1v) is 21.0. The van der Waals surface area contributed by atoms with Gasteiger partial charge in [0.2, 0.25) is 0 Å². The van der Waals surface area contributed by atoms with Crippen LogP contribution in [0, 0.1) is 5.92 Å². The third-order valence-corrected chi connectivity index (χ3v) is 9.87. The number of rotatable bonds is 7.